The summed E-state index contributed by atoms with van der Waals surface area (Å²) in [5.74, 6) is 10.4. The van der Waals surface area contributed by atoms with E-state index in [1.165, 1.54) is 38.8 Å². The number of rotatable bonds is 8. The molecule has 0 spiro atoms. The first-order valence-corrected chi connectivity index (χ1v) is 15.5. The topological polar surface area (TPSA) is 77.0 Å². The number of piperidine rings is 3. The number of hydrogen-bond donors (Lipinski definition) is 2. The van der Waals surface area contributed by atoms with Crippen molar-refractivity contribution in [3.63, 3.8) is 0 Å². The summed E-state index contributed by atoms with van der Waals surface area (Å²) in [5.41, 5.74) is 1.75. The van der Waals surface area contributed by atoms with Crippen LogP contribution in [-0.2, 0) is 0 Å². The molecule has 6 rings (SSSR count). The van der Waals surface area contributed by atoms with Gasteiger partial charge in [0.15, 0.2) is 0 Å². The number of benzene rings is 1. The number of likely N-dealkylation sites (tertiary alicyclic amines) is 2. The van der Waals surface area contributed by atoms with Gasteiger partial charge in [-0.05, 0) is 83.0 Å². The molecular weight excluding hydrogens is 500 g/mol. The van der Waals surface area contributed by atoms with Crippen LogP contribution >= 0.6 is 0 Å². The number of hydrogen-bond acceptors (Lipinski definition) is 8. The minimum absolute atomic E-state index is 0.108. The van der Waals surface area contributed by atoms with Gasteiger partial charge < -0.3 is 29.9 Å². The molecule has 1 aromatic heterocycles. The van der Waals surface area contributed by atoms with Crippen LogP contribution in [0.2, 0.25) is 0 Å². The molecule has 2 aromatic rings. The predicted molar refractivity (Wildman–Crippen MR) is 161 cm³/mol. The van der Waals surface area contributed by atoms with Crippen LogP contribution in [0.15, 0.2) is 12.1 Å². The number of aliphatic hydroxyl groups excluding tert-OH is 1. The molecule has 8 heteroatoms. The van der Waals surface area contributed by atoms with E-state index >= 15 is 0 Å². The van der Waals surface area contributed by atoms with Crippen LogP contribution in [0.4, 0.5) is 11.8 Å². The van der Waals surface area contributed by atoms with Crippen molar-refractivity contribution in [3.05, 3.63) is 17.7 Å². The average Bonchev–Trinajstić information content (AvgIpc) is 3.65. The summed E-state index contributed by atoms with van der Waals surface area (Å²) in [6.45, 7) is 11.2. The highest BCUT2D eigenvalue weighted by Crippen LogP contribution is 2.50. The Labute approximate surface area is 239 Å². The quantitative estimate of drug-likeness (QED) is 0.482. The van der Waals surface area contributed by atoms with E-state index in [2.05, 4.69) is 57.8 Å². The molecule has 4 heterocycles. The fourth-order valence-electron chi connectivity index (χ4n) is 6.99. The average molecular weight is 547 g/mol. The molecule has 3 aliphatic heterocycles. The molecule has 4 aliphatic rings. The first kappa shape index (κ1) is 27.6. The van der Waals surface area contributed by atoms with E-state index < -0.39 is 0 Å². The second-order valence-corrected chi connectivity index (χ2v) is 12.5. The van der Waals surface area contributed by atoms with Crippen molar-refractivity contribution in [1.82, 2.24) is 19.8 Å². The van der Waals surface area contributed by atoms with Crippen molar-refractivity contribution >= 4 is 22.7 Å². The Bertz CT molecular complexity index is 1240. The van der Waals surface area contributed by atoms with E-state index in [4.69, 9.17) is 14.7 Å². The first-order chi connectivity index (χ1) is 19.5. The molecule has 4 fully saturated rings. The van der Waals surface area contributed by atoms with Gasteiger partial charge in [-0.1, -0.05) is 18.3 Å². The van der Waals surface area contributed by atoms with Crippen molar-refractivity contribution in [2.24, 2.45) is 11.8 Å². The van der Waals surface area contributed by atoms with Gasteiger partial charge in [-0.25, -0.2) is 4.98 Å². The van der Waals surface area contributed by atoms with Gasteiger partial charge in [0.2, 0.25) is 5.95 Å². The van der Waals surface area contributed by atoms with Crippen molar-refractivity contribution in [2.75, 3.05) is 63.2 Å². The molecule has 1 aromatic carbocycles. The van der Waals surface area contributed by atoms with Crippen molar-refractivity contribution < 1.29 is 9.84 Å². The molecule has 40 heavy (non-hydrogen) atoms. The van der Waals surface area contributed by atoms with Crippen LogP contribution in [0, 0.1) is 23.7 Å². The van der Waals surface area contributed by atoms with Crippen LogP contribution in [0.5, 0.6) is 5.75 Å². The van der Waals surface area contributed by atoms with Crippen molar-refractivity contribution in [1.29, 1.82) is 0 Å². The molecule has 2 N–H and O–H groups in total. The number of methoxy groups -OCH3 is 1. The SMILES string of the molecule is COc1cc2c(NC3CCN(C(C)C)CC3)nc(N3C[C@@H]4C[C@@H]4[C@@H]3CO)nc2cc1C#CCCN1CCCCC1. The Morgan fingerprint density at radius 1 is 1.10 bits per heavy atom. The minimum Gasteiger partial charge on any atom is -0.495 e. The number of nitrogens with one attached hydrogen (secondary N) is 1. The molecule has 0 radical (unpaired) electrons. The van der Waals surface area contributed by atoms with Crippen LogP contribution in [0.3, 0.4) is 0 Å². The normalized spacial score (nSPS) is 25.6. The molecule has 8 nitrogen and oxygen atoms in total. The summed E-state index contributed by atoms with van der Waals surface area (Å²) < 4.78 is 5.82. The van der Waals surface area contributed by atoms with Crippen LogP contribution < -0.4 is 15.0 Å². The smallest absolute Gasteiger partial charge is 0.228 e. The van der Waals surface area contributed by atoms with Gasteiger partial charge in [0.1, 0.15) is 11.6 Å². The van der Waals surface area contributed by atoms with Gasteiger partial charge in [0.25, 0.3) is 0 Å². The second kappa shape index (κ2) is 12.1. The number of ether oxygens (including phenoxy) is 1. The van der Waals surface area contributed by atoms with Crippen LogP contribution in [0.1, 0.15) is 64.4 Å². The van der Waals surface area contributed by atoms with E-state index in [0.717, 1.165) is 79.4 Å². The van der Waals surface area contributed by atoms with Gasteiger partial charge in [0, 0.05) is 50.1 Å². The van der Waals surface area contributed by atoms with Crippen LogP contribution in [0.25, 0.3) is 10.9 Å². The third-order valence-electron chi connectivity index (χ3n) is 9.58. The maximum absolute atomic E-state index is 10.2. The second-order valence-electron chi connectivity index (χ2n) is 12.5. The van der Waals surface area contributed by atoms with Gasteiger partial charge in [-0.2, -0.15) is 4.98 Å². The van der Waals surface area contributed by atoms with E-state index in [1.807, 2.05) is 0 Å². The Balaban J connectivity index is 1.29. The first-order valence-electron chi connectivity index (χ1n) is 15.5. The van der Waals surface area contributed by atoms with Gasteiger partial charge >= 0.3 is 0 Å². The number of nitrogens with zero attached hydrogens (tertiary/aromatic N) is 5. The van der Waals surface area contributed by atoms with E-state index in [9.17, 15) is 5.11 Å². The maximum Gasteiger partial charge on any atom is 0.228 e. The Morgan fingerprint density at radius 3 is 2.62 bits per heavy atom. The molecule has 0 amide bonds. The lowest BCUT2D eigenvalue weighted by Gasteiger charge is -2.35. The number of aromatic nitrogens is 2. The summed E-state index contributed by atoms with van der Waals surface area (Å²) in [6, 6.07) is 5.18. The third kappa shape index (κ3) is 5.88. The van der Waals surface area contributed by atoms with Gasteiger partial charge in [-0.15, -0.1) is 0 Å². The summed E-state index contributed by atoms with van der Waals surface area (Å²) >= 11 is 0. The van der Waals surface area contributed by atoms with Gasteiger partial charge in [-0.3, -0.25) is 0 Å². The van der Waals surface area contributed by atoms with E-state index in [-0.39, 0.29) is 12.6 Å². The number of fused-ring (bicyclic) bond motifs is 2. The highest BCUT2D eigenvalue weighted by Gasteiger charge is 2.53. The fourth-order valence-corrected chi connectivity index (χ4v) is 6.99. The number of aliphatic hydroxyl groups is 1. The lowest BCUT2D eigenvalue weighted by Crippen LogP contribution is -2.42. The lowest BCUT2D eigenvalue weighted by atomic mass is 10.0. The summed E-state index contributed by atoms with van der Waals surface area (Å²) in [6.07, 6.45) is 8.20. The molecule has 0 bridgehead atoms. The Morgan fingerprint density at radius 2 is 1.90 bits per heavy atom. The zero-order valence-electron chi connectivity index (χ0n) is 24.5. The van der Waals surface area contributed by atoms with E-state index in [0.29, 0.717) is 23.9 Å². The molecule has 0 unspecified atom stereocenters. The monoisotopic (exact) mass is 546 g/mol. The summed E-state index contributed by atoms with van der Waals surface area (Å²) in [5, 5.41) is 14.9. The predicted octanol–water partition coefficient (Wildman–Crippen LogP) is 3.97. The standard InChI is InChI=1S/C32H46N6O2/c1-22(2)37-15-10-25(11-16-37)33-31-27-19-30(40-3)23(9-5-8-14-36-12-6-4-7-13-36)18-28(27)34-32(35-31)38-20-24-17-26(24)29(38)21-39/h18-19,22,24-26,29,39H,4,6-8,10-17,20-21H2,1-3H3,(H,33,34,35)/t24-,26-,29-/m0/s1. The Hall–Kier alpha value is -2.60. The minimum atomic E-state index is 0.108. The molecular formula is C32H46N6O2. The summed E-state index contributed by atoms with van der Waals surface area (Å²) in [4.78, 5) is 17.5. The fraction of sp³-hybridized carbons (Fsp3) is 0.688. The molecule has 3 atom stereocenters. The molecule has 1 saturated carbocycles. The van der Waals surface area contributed by atoms with Crippen LogP contribution in [-0.4, -0.2) is 96.0 Å². The third-order valence-corrected chi connectivity index (χ3v) is 9.58. The highest BCUT2D eigenvalue weighted by atomic mass is 16.5. The Kier molecular flexibility index (Phi) is 8.34. The van der Waals surface area contributed by atoms with Crippen molar-refractivity contribution in [3.8, 4) is 17.6 Å². The summed E-state index contributed by atoms with van der Waals surface area (Å²) in [7, 11) is 1.71. The van der Waals surface area contributed by atoms with Crippen molar-refractivity contribution in [2.45, 2.75) is 76.9 Å². The molecule has 1 aliphatic carbocycles. The zero-order chi connectivity index (χ0) is 27.6. The molecule has 216 valence electrons. The van der Waals surface area contributed by atoms with Gasteiger partial charge in [0.05, 0.1) is 30.8 Å². The number of anilines is 2. The molecule has 3 saturated heterocycles. The highest BCUT2D eigenvalue weighted by molar-refractivity contribution is 5.93. The maximum atomic E-state index is 10.2. The lowest BCUT2D eigenvalue weighted by molar-refractivity contribution is 0.177. The van der Waals surface area contributed by atoms with E-state index in [1.54, 1.807) is 7.11 Å². The largest absolute Gasteiger partial charge is 0.495 e. The zero-order valence-corrected chi connectivity index (χ0v) is 24.5.